The zero-order chi connectivity index (χ0) is 54.5. The highest BCUT2D eigenvalue weighted by Crippen LogP contribution is 2.36. The van der Waals surface area contributed by atoms with Gasteiger partial charge in [-0.2, -0.15) is 0 Å². The average Bonchev–Trinajstić information content (AvgIpc) is 3.30. The molecule has 18 heteroatoms. The zero-order valence-electron chi connectivity index (χ0n) is 46.7. The number of carboxylic acid groups (broad SMARTS) is 1. The van der Waals surface area contributed by atoms with Gasteiger partial charge in [0.2, 0.25) is 11.8 Å². The fraction of sp³-hybridized carbons (Fsp3) is 0.778. The van der Waals surface area contributed by atoms with Gasteiger partial charge in [-0.25, -0.2) is 0 Å². The number of carboxylic acids is 1. The Bertz CT molecular complexity index is 1750. The van der Waals surface area contributed by atoms with Gasteiger partial charge in [0.05, 0.1) is 141 Å². The Labute approximate surface area is 432 Å². The number of hydrogen-bond donors (Lipinski definition) is 2. The van der Waals surface area contributed by atoms with E-state index in [1.54, 1.807) is 20.8 Å². The molecule has 1 aromatic carbocycles. The van der Waals surface area contributed by atoms with E-state index in [-0.39, 0.29) is 103 Å². The van der Waals surface area contributed by atoms with Gasteiger partial charge in [-0.3, -0.25) is 24.0 Å². The number of nitrogens with two attached hydrogens (primary N) is 1. The minimum absolute atomic E-state index is 0.0850. The summed E-state index contributed by atoms with van der Waals surface area (Å²) >= 11 is 0. The number of methoxy groups -OCH3 is 1. The smallest absolute Gasteiger partial charge is 0.308 e. The van der Waals surface area contributed by atoms with Crippen LogP contribution in [0.5, 0.6) is 0 Å². The Morgan fingerprint density at radius 2 is 1.15 bits per heavy atom. The van der Waals surface area contributed by atoms with E-state index < -0.39 is 59.0 Å². The van der Waals surface area contributed by atoms with Gasteiger partial charge in [0.25, 0.3) is 0 Å². The van der Waals surface area contributed by atoms with Gasteiger partial charge in [-0.15, -0.1) is 0 Å². The normalized spacial score (nSPS) is 14.4. The summed E-state index contributed by atoms with van der Waals surface area (Å²) in [6.45, 7) is 16.8. The Morgan fingerprint density at radius 3 is 1.60 bits per heavy atom. The maximum absolute atomic E-state index is 15.3. The average molecular weight is 1020 g/mol. The first kappa shape index (κ1) is 65.8. The highest BCUT2D eigenvalue weighted by molar-refractivity contribution is 5.81. The lowest BCUT2D eigenvalue weighted by molar-refractivity contribution is -0.952. The molecular formula is C54H97N5O13+2. The summed E-state index contributed by atoms with van der Waals surface area (Å²) in [7, 11) is 14.7. The Hall–Kier alpha value is -4.20. The standard InChI is InChI=1S/C54H95N5O13/c1-14-26-58(9,10)27-28-59(11,12)37-42-19-21-44(22-20-42)45(32-41(6)36-57(7,8)16-3)34-46(35-47(53(65)66)33-43(15-2)51(55)63)52(64)56-54(38-68-29-23-48(60)67-13,39-69-30-24-49(61)71-17-4)40-70-31-25-50(62)72-18-5/h19-22,41,43,45-47H,14-18,23-40H2,1-13H3,(H-3,55,56,63,64,65,66)/p+2. The first-order valence-corrected chi connectivity index (χ1v) is 26.3. The summed E-state index contributed by atoms with van der Waals surface area (Å²) in [4.78, 5) is 77.7. The van der Waals surface area contributed by atoms with Crippen LogP contribution in [-0.2, 0) is 63.7 Å². The van der Waals surface area contributed by atoms with Gasteiger partial charge in [0.1, 0.15) is 25.2 Å². The predicted molar refractivity (Wildman–Crippen MR) is 275 cm³/mol. The van der Waals surface area contributed by atoms with Crippen LogP contribution in [0.2, 0.25) is 0 Å². The second-order valence-electron chi connectivity index (χ2n) is 21.7. The van der Waals surface area contributed by atoms with Crippen molar-refractivity contribution >= 4 is 35.7 Å². The van der Waals surface area contributed by atoms with Crippen molar-refractivity contribution in [1.29, 1.82) is 0 Å². The first-order chi connectivity index (χ1) is 33.8. The van der Waals surface area contributed by atoms with Crippen LogP contribution in [0, 0.1) is 23.7 Å². The molecular weight excluding hydrogens is 927 g/mol. The number of amides is 2. The van der Waals surface area contributed by atoms with Crippen molar-refractivity contribution < 1.29 is 75.7 Å². The molecule has 5 unspecified atom stereocenters. The zero-order valence-corrected chi connectivity index (χ0v) is 46.7. The molecule has 0 saturated heterocycles. The lowest BCUT2D eigenvalue weighted by Crippen LogP contribution is -2.60. The van der Waals surface area contributed by atoms with Crippen molar-refractivity contribution in [1.82, 2.24) is 5.32 Å². The van der Waals surface area contributed by atoms with Crippen LogP contribution >= 0.6 is 0 Å². The van der Waals surface area contributed by atoms with Crippen LogP contribution in [0.3, 0.4) is 0 Å². The topological polar surface area (TPSA) is 219 Å². The molecule has 414 valence electrons. The number of aliphatic carboxylic acids is 1. The monoisotopic (exact) mass is 1020 g/mol. The molecule has 72 heavy (non-hydrogen) atoms. The fourth-order valence-electron chi connectivity index (χ4n) is 9.18. The summed E-state index contributed by atoms with van der Waals surface area (Å²) in [5.74, 6) is -7.04. The highest BCUT2D eigenvalue weighted by atomic mass is 16.5. The third kappa shape index (κ3) is 27.2. The molecule has 0 aliphatic carbocycles. The van der Waals surface area contributed by atoms with Gasteiger partial charge in [-0.1, -0.05) is 45.0 Å². The Balaban J connectivity index is 4.00. The van der Waals surface area contributed by atoms with Crippen LogP contribution in [0.15, 0.2) is 24.3 Å². The number of carbonyl (C=O) groups is 6. The molecule has 0 aliphatic heterocycles. The van der Waals surface area contributed by atoms with Gasteiger partial charge < -0.3 is 62.8 Å². The minimum Gasteiger partial charge on any atom is -0.550 e. The molecule has 0 aromatic heterocycles. The number of nitrogens with zero attached hydrogens (tertiary/aromatic N) is 3. The molecule has 0 radical (unpaired) electrons. The molecule has 1 aromatic rings. The summed E-state index contributed by atoms with van der Waals surface area (Å²) in [5, 5.41) is 16.2. The molecule has 2 amide bonds. The van der Waals surface area contributed by atoms with Crippen molar-refractivity contribution in [3.8, 4) is 0 Å². The summed E-state index contributed by atoms with van der Waals surface area (Å²) in [6, 6.07) is 8.56. The molecule has 0 bridgehead atoms. The second-order valence-corrected chi connectivity index (χ2v) is 21.7. The number of primary amides is 1. The molecule has 0 aliphatic rings. The molecule has 0 fully saturated rings. The highest BCUT2D eigenvalue weighted by Gasteiger charge is 2.39. The van der Waals surface area contributed by atoms with Gasteiger partial charge in [0.15, 0.2) is 0 Å². The molecule has 3 N–H and O–H groups in total. The number of ether oxygens (including phenoxy) is 6. The number of hydrogen-bond acceptors (Lipinski definition) is 13. The van der Waals surface area contributed by atoms with E-state index in [4.69, 9.17) is 34.2 Å². The first-order valence-electron chi connectivity index (χ1n) is 26.3. The molecule has 18 nitrogen and oxygen atoms in total. The van der Waals surface area contributed by atoms with Crippen molar-refractivity contribution in [2.24, 2.45) is 29.4 Å². The number of esters is 3. The largest absolute Gasteiger partial charge is 0.550 e. The molecule has 0 heterocycles. The lowest BCUT2D eigenvalue weighted by Gasteiger charge is -2.37. The van der Waals surface area contributed by atoms with Crippen LogP contribution in [0.4, 0.5) is 0 Å². The molecule has 5 atom stereocenters. The lowest BCUT2D eigenvalue weighted by atomic mass is 9.77. The fourth-order valence-corrected chi connectivity index (χ4v) is 9.18. The number of nitrogens with one attached hydrogen (secondary N) is 1. The maximum atomic E-state index is 15.3. The number of likely N-dealkylation sites (N-methyl/N-ethyl adjacent to an activating group) is 2. The Morgan fingerprint density at radius 1 is 0.653 bits per heavy atom. The number of quaternary nitrogens is 3. The number of benzene rings is 1. The van der Waals surface area contributed by atoms with E-state index in [1.165, 1.54) is 12.7 Å². The van der Waals surface area contributed by atoms with Crippen molar-refractivity contribution in [3.63, 3.8) is 0 Å². The predicted octanol–water partition coefficient (Wildman–Crippen LogP) is 3.99. The summed E-state index contributed by atoms with van der Waals surface area (Å²) in [5.41, 5.74) is 6.44. The van der Waals surface area contributed by atoms with Gasteiger partial charge in [-0.05, 0) is 70.8 Å². The second kappa shape index (κ2) is 33.6. The number of rotatable bonds is 41. The van der Waals surface area contributed by atoms with E-state index in [0.717, 1.165) is 64.7 Å². The van der Waals surface area contributed by atoms with E-state index in [9.17, 15) is 29.1 Å². The summed E-state index contributed by atoms with van der Waals surface area (Å²) in [6.07, 6.45) is 1.77. The van der Waals surface area contributed by atoms with Gasteiger partial charge in [0, 0.05) is 35.2 Å². The van der Waals surface area contributed by atoms with E-state index in [1.807, 2.05) is 0 Å². The van der Waals surface area contributed by atoms with Crippen LogP contribution < -0.4 is 16.2 Å². The third-order valence-corrected chi connectivity index (χ3v) is 13.6. The van der Waals surface area contributed by atoms with Crippen LogP contribution in [0.25, 0.3) is 0 Å². The van der Waals surface area contributed by atoms with E-state index >= 15 is 4.79 Å². The van der Waals surface area contributed by atoms with Crippen LogP contribution in [-0.4, -0.2) is 190 Å². The third-order valence-electron chi connectivity index (χ3n) is 13.6. The number of carbonyl (C=O) groups excluding carboxylic acids is 6. The van der Waals surface area contributed by atoms with E-state index in [2.05, 4.69) is 92.6 Å². The maximum Gasteiger partial charge on any atom is 0.308 e. The van der Waals surface area contributed by atoms with Crippen LogP contribution in [0.1, 0.15) is 116 Å². The molecule has 0 spiro atoms. The summed E-state index contributed by atoms with van der Waals surface area (Å²) < 4.78 is 35.7. The van der Waals surface area contributed by atoms with Gasteiger partial charge >= 0.3 is 17.9 Å². The minimum atomic E-state index is -1.49. The Kier molecular flexibility index (Phi) is 30.7. The SMILES string of the molecule is CCC[N+](C)(C)CC[N+](C)(C)Cc1ccc(C(CC(C)C[N+](C)(C)CC)CC(CC(CC(CC)C(N)=O)C(=O)[O-])C(=O)NC(COCCC(=O)OC)(COCCC(=O)OCC)COCCC(=O)OCC)cc1. The molecule has 0 saturated carbocycles. The van der Waals surface area contributed by atoms with Crippen molar-refractivity contribution in [2.75, 3.05) is 135 Å². The van der Waals surface area contributed by atoms with Crippen molar-refractivity contribution in [2.45, 2.75) is 117 Å². The van der Waals surface area contributed by atoms with E-state index in [0.29, 0.717) is 12.8 Å². The van der Waals surface area contributed by atoms with Crippen molar-refractivity contribution in [3.05, 3.63) is 35.4 Å². The molecule has 1 rings (SSSR count). The quantitative estimate of drug-likeness (QED) is 0.0411.